The molecule has 0 bridgehead atoms. The van der Waals surface area contributed by atoms with E-state index in [0.717, 1.165) is 4.90 Å². The Morgan fingerprint density at radius 3 is 3.08 bits per heavy atom. The molecule has 0 fully saturated rings. The fraction of sp³-hybridized carbons (Fsp3) is 0.125. The van der Waals surface area contributed by atoms with E-state index in [2.05, 4.69) is 10.2 Å². The predicted octanol–water partition coefficient (Wildman–Crippen LogP) is 2.34. The van der Waals surface area contributed by atoms with Crippen molar-refractivity contribution in [2.75, 3.05) is 5.88 Å². The Labute approximate surface area is 73.9 Å². The summed E-state index contributed by atoms with van der Waals surface area (Å²) in [6, 6.07) is 7.42. The highest BCUT2D eigenvalue weighted by Gasteiger charge is 2.12. The third-order valence-electron chi connectivity index (χ3n) is 1.56. The van der Waals surface area contributed by atoms with Crippen LogP contribution in [0.15, 0.2) is 39.4 Å². The van der Waals surface area contributed by atoms with E-state index in [4.69, 9.17) is 0 Å². The normalized spacial score (nSPS) is 15.5. The maximum absolute atomic E-state index is 11.2. The highest BCUT2D eigenvalue weighted by atomic mass is 32.2. The average molecular weight is 178 g/mol. The number of rotatable bonds is 0. The van der Waals surface area contributed by atoms with Crippen LogP contribution >= 0.6 is 11.8 Å². The zero-order chi connectivity index (χ0) is 8.39. The zero-order valence-corrected chi connectivity index (χ0v) is 7.04. The van der Waals surface area contributed by atoms with E-state index < -0.39 is 0 Å². The van der Waals surface area contributed by atoms with Crippen molar-refractivity contribution >= 4 is 17.7 Å². The molecule has 0 saturated heterocycles. The number of carbonyl (C=O) groups is 1. The minimum atomic E-state index is -0.240. The van der Waals surface area contributed by atoms with Crippen molar-refractivity contribution in [1.82, 2.24) is 0 Å². The molecule has 1 aliphatic rings. The number of amides is 1. The summed E-state index contributed by atoms with van der Waals surface area (Å²) < 4.78 is 0. The largest absolute Gasteiger partial charge is 0.296 e. The molecule has 1 amide bonds. The van der Waals surface area contributed by atoms with Crippen molar-refractivity contribution in [2.24, 2.45) is 10.2 Å². The first-order valence-corrected chi connectivity index (χ1v) is 4.50. The molecule has 0 aromatic heterocycles. The minimum absolute atomic E-state index is 0.240. The molecular weight excluding hydrogens is 172 g/mol. The highest BCUT2D eigenvalue weighted by Crippen LogP contribution is 2.25. The second kappa shape index (κ2) is 3.06. The molecule has 0 unspecified atom stereocenters. The second-order valence-corrected chi connectivity index (χ2v) is 3.30. The van der Waals surface area contributed by atoms with Gasteiger partial charge in [-0.3, -0.25) is 4.79 Å². The summed E-state index contributed by atoms with van der Waals surface area (Å²) >= 11 is 1.53. The molecule has 0 N–H and O–H groups in total. The molecule has 60 valence electrons. The monoisotopic (exact) mass is 178 g/mol. The van der Waals surface area contributed by atoms with E-state index in [9.17, 15) is 4.79 Å². The molecule has 12 heavy (non-hydrogen) atoms. The van der Waals surface area contributed by atoms with Gasteiger partial charge in [0, 0.05) is 4.90 Å². The van der Waals surface area contributed by atoms with E-state index in [1.807, 2.05) is 18.2 Å². The zero-order valence-electron chi connectivity index (χ0n) is 6.23. The van der Waals surface area contributed by atoms with Crippen LogP contribution in [0.25, 0.3) is 0 Å². The quantitative estimate of drug-likeness (QED) is 0.611. The maximum atomic E-state index is 11.2. The summed E-state index contributed by atoms with van der Waals surface area (Å²) in [5, 5.41) is 7.24. The fourth-order valence-corrected chi connectivity index (χ4v) is 1.75. The third kappa shape index (κ3) is 1.25. The number of nitrogens with zero attached hydrogens (tertiary/aromatic N) is 2. The van der Waals surface area contributed by atoms with Crippen molar-refractivity contribution in [3.05, 3.63) is 29.8 Å². The van der Waals surface area contributed by atoms with Gasteiger partial charge in [0.25, 0.3) is 5.91 Å². The molecular formula is C8H6N2OS. The Bertz CT molecular complexity index is 349. The average Bonchev–Trinajstić information content (AvgIpc) is 2.29. The Morgan fingerprint density at radius 1 is 1.33 bits per heavy atom. The van der Waals surface area contributed by atoms with Crippen molar-refractivity contribution in [2.45, 2.75) is 4.90 Å². The van der Waals surface area contributed by atoms with E-state index in [1.54, 1.807) is 6.07 Å². The fourth-order valence-electron chi connectivity index (χ4n) is 1.01. The first-order chi connectivity index (χ1) is 5.88. The molecule has 0 spiro atoms. The molecule has 0 radical (unpaired) electrons. The van der Waals surface area contributed by atoms with Crippen LogP contribution in [-0.4, -0.2) is 11.8 Å². The van der Waals surface area contributed by atoms with Gasteiger partial charge in [-0.25, -0.2) is 0 Å². The van der Waals surface area contributed by atoms with Crippen LogP contribution in [0.4, 0.5) is 0 Å². The minimum Gasteiger partial charge on any atom is -0.265 e. The van der Waals surface area contributed by atoms with E-state index >= 15 is 0 Å². The molecule has 4 heteroatoms. The lowest BCUT2D eigenvalue weighted by molar-refractivity contribution is 0.0992. The van der Waals surface area contributed by atoms with Crippen molar-refractivity contribution < 1.29 is 4.79 Å². The van der Waals surface area contributed by atoms with Gasteiger partial charge in [-0.1, -0.05) is 23.9 Å². The van der Waals surface area contributed by atoms with Gasteiger partial charge in [-0.2, -0.15) is 5.11 Å². The molecule has 0 aliphatic carbocycles. The summed E-state index contributed by atoms with van der Waals surface area (Å²) in [6.07, 6.45) is 0. The van der Waals surface area contributed by atoms with Crippen LogP contribution in [0.5, 0.6) is 0 Å². The summed E-state index contributed by atoms with van der Waals surface area (Å²) in [7, 11) is 0. The Hall–Kier alpha value is -1.16. The van der Waals surface area contributed by atoms with Crippen molar-refractivity contribution in [3.8, 4) is 0 Å². The number of hydrogen-bond acceptors (Lipinski definition) is 3. The number of azo groups is 1. The van der Waals surface area contributed by atoms with Crippen molar-refractivity contribution in [3.63, 3.8) is 0 Å². The first-order valence-electron chi connectivity index (χ1n) is 3.51. The van der Waals surface area contributed by atoms with Gasteiger partial charge in [0.2, 0.25) is 0 Å². The Balaban J connectivity index is 2.53. The van der Waals surface area contributed by atoms with Gasteiger partial charge in [0.15, 0.2) is 0 Å². The maximum Gasteiger partial charge on any atom is 0.296 e. The topological polar surface area (TPSA) is 41.8 Å². The summed E-state index contributed by atoms with van der Waals surface area (Å²) in [6.45, 7) is 0. The summed E-state index contributed by atoms with van der Waals surface area (Å²) in [5.41, 5.74) is 0.656. The summed E-state index contributed by atoms with van der Waals surface area (Å²) in [4.78, 5) is 12.2. The molecule has 2 rings (SSSR count). The molecule has 3 nitrogen and oxygen atoms in total. The molecule has 0 saturated carbocycles. The van der Waals surface area contributed by atoms with Gasteiger partial charge in [-0.15, -0.1) is 5.11 Å². The lowest BCUT2D eigenvalue weighted by Crippen LogP contribution is -1.93. The van der Waals surface area contributed by atoms with Gasteiger partial charge < -0.3 is 0 Å². The Morgan fingerprint density at radius 2 is 2.17 bits per heavy atom. The van der Waals surface area contributed by atoms with Crippen molar-refractivity contribution in [1.29, 1.82) is 0 Å². The lowest BCUT2D eigenvalue weighted by atomic mass is 10.2. The lowest BCUT2D eigenvalue weighted by Gasteiger charge is -1.98. The van der Waals surface area contributed by atoms with Crippen LogP contribution in [-0.2, 0) is 0 Å². The van der Waals surface area contributed by atoms with Crippen LogP contribution in [0.1, 0.15) is 10.4 Å². The highest BCUT2D eigenvalue weighted by molar-refractivity contribution is 7.99. The molecule has 1 aromatic rings. The Kier molecular flexibility index (Phi) is 1.91. The predicted molar refractivity (Wildman–Crippen MR) is 46.4 cm³/mol. The van der Waals surface area contributed by atoms with E-state index in [-0.39, 0.29) is 5.91 Å². The van der Waals surface area contributed by atoms with E-state index in [0.29, 0.717) is 11.4 Å². The number of hydrogen-bond donors (Lipinski definition) is 0. The smallest absolute Gasteiger partial charge is 0.265 e. The summed E-state index contributed by atoms with van der Waals surface area (Å²) in [5.74, 6) is 0.290. The second-order valence-electron chi connectivity index (χ2n) is 2.32. The first kappa shape index (κ1) is 7.49. The van der Waals surface area contributed by atoms with Crippen LogP contribution in [0, 0.1) is 0 Å². The number of thioether (sulfide) groups is 1. The molecule has 0 atom stereocenters. The standard InChI is InChI=1S/C8H6N2OS/c11-8-6-3-1-2-4-7(6)12-5-9-10-8/h1-4H,5H2. The number of carbonyl (C=O) groups excluding carboxylic acids is 1. The molecule has 1 aromatic carbocycles. The van der Waals surface area contributed by atoms with Crippen LogP contribution < -0.4 is 0 Å². The van der Waals surface area contributed by atoms with Gasteiger partial charge in [-0.05, 0) is 12.1 Å². The molecule has 1 aliphatic heterocycles. The number of fused-ring (bicyclic) bond motifs is 1. The van der Waals surface area contributed by atoms with Crippen LogP contribution in [0.2, 0.25) is 0 Å². The van der Waals surface area contributed by atoms with Gasteiger partial charge in [0.1, 0.15) is 5.88 Å². The SMILES string of the molecule is O=C1N=NCSc2ccccc21. The van der Waals surface area contributed by atoms with Crippen LogP contribution in [0.3, 0.4) is 0 Å². The molecule has 1 heterocycles. The van der Waals surface area contributed by atoms with Gasteiger partial charge >= 0.3 is 0 Å². The third-order valence-corrected chi connectivity index (χ3v) is 2.47. The van der Waals surface area contributed by atoms with Gasteiger partial charge in [0.05, 0.1) is 5.56 Å². The number of benzene rings is 1. The van der Waals surface area contributed by atoms with E-state index in [1.165, 1.54) is 11.8 Å².